The normalized spacial score (nSPS) is 22.1. The minimum absolute atomic E-state index is 0.0569. The highest BCUT2D eigenvalue weighted by atomic mass is 32.2. The summed E-state index contributed by atoms with van der Waals surface area (Å²) in [4.78, 5) is 15.9. The third kappa shape index (κ3) is 3.25. The number of nitrogens with zero attached hydrogens (tertiary/aromatic N) is 1. The van der Waals surface area contributed by atoms with E-state index in [-0.39, 0.29) is 10.8 Å². The van der Waals surface area contributed by atoms with Crippen molar-refractivity contribution >= 4 is 21.5 Å². The number of benzene rings is 2. The Morgan fingerprint density at radius 3 is 2.37 bits per heavy atom. The van der Waals surface area contributed by atoms with Crippen LogP contribution in [0.5, 0.6) is 0 Å². The maximum atomic E-state index is 13.6. The Bertz CT molecular complexity index is 1120. The second-order valence-electron chi connectivity index (χ2n) is 8.82. The van der Waals surface area contributed by atoms with Gasteiger partial charge in [-0.1, -0.05) is 12.1 Å². The highest BCUT2D eigenvalue weighted by molar-refractivity contribution is 7.90. The summed E-state index contributed by atoms with van der Waals surface area (Å²) in [5, 5.41) is 8.88. The minimum atomic E-state index is -3.33. The summed E-state index contributed by atoms with van der Waals surface area (Å²) in [5.74, 6) is -0.0569. The van der Waals surface area contributed by atoms with Gasteiger partial charge in [0.2, 0.25) is 5.91 Å². The number of aryl methyl sites for hydroxylation is 2. The Hall–Kier alpha value is -2.22. The molecule has 7 heteroatoms. The Morgan fingerprint density at radius 1 is 1.07 bits per heavy atom. The Morgan fingerprint density at radius 2 is 1.73 bits per heavy atom. The number of hydrogen-bond acceptors (Lipinski definition) is 4. The van der Waals surface area contributed by atoms with Crippen LogP contribution in [0.3, 0.4) is 0 Å². The number of rotatable bonds is 3. The zero-order valence-corrected chi connectivity index (χ0v) is 18.1. The van der Waals surface area contributed by atoms with Crippen LogP contribution in [0.1, 0.15) is 52.3 Å². The maximum absolute atomic E-state index is 13.6. The summed E-state index contributed by atoms with van der Waals surface area (Å²) in [6.07, 6.45) is 7.33. The molecule has 1 aliphatic heterocycles. The van der Waals surface area contributed by atoms with Gasteiger partial charge < -0.3 is 5.32 Å². The van der Waals surface area contributed by atoms with Crippen LogP contribution in [0.2, 0.25) is 0 Å². The van der Waals surface area contributed by atoms with Crippen molar-refractivity contribution in [2.75, 3.05) is 18.9 Å². The van der Waals surface area contributed by atoms with Gasteiger partial charge in [0.1, 0.15) is 16.0 Å². The number of hydrogen-bond donors (Lipinski definition) is 3. The summed E-state index contributed by atoms with van der Waals surface area (Å²) in [7, 11) is -1.38. The summed E-state index contributed by atoms with van der Waals surface area (Å²) in [5.41, 5.74) is 8.32. The fourth-order valence-electron chi connectivity index (χ4n) is 5.41. The van der Waals surface area contributed by atoms with E-state index in [0.717, 1.165) is 68.3 Å². The van der Waals surface area contributed by atoms with E-state index in [1.807, 2.05) is 18.0 Å². The number of amides is 1. The molecule has 6 nitrogen and oxygen atoms in total. The Kier molecular flexibility index (Phi) is 4.72. The lowest BCUT2D eigenvalue weighted by atomic mass is 9.92. The first-order valence-corrected chi connectivity index (χ1v) is 12.3. The quantitative estimate of drug-likeness (QED) is 0.706. The molecule has 2 aromatic carbocycles. The van der Waals surface area contributed by atoms with E-state index in [1.54, 1.807) is 12.1 Å². The summed E-state index contributed by atoms with van der Waals surface area (Å²) in [6.45, 7) is 0.772. The number of carbonyl (C=O) groups is 1. The highest BCUT2D eigenvalue weighted by Gasteiger charge is 2.33. The van der Waals surface area contributed by atoms with Crippen molar-refractivity contribution < 1.29 is 9.00 Å². The second kappa shape index (κ2) is 7.18. The molecule has 5 rings (SSSR count). The van der Waals surface area contributed by atoms with E-state index in [2.05, 4.69) is 11.4 Å². The van der Waals surface area contributed by atoms with Gasteiger partial charge in [-0.2, -0.15) is 0 Å². The Labute approximate surface area is 178 Å². The van der Waals surface area contributed by atoms with E-state index >= 15 is 0 Å². The largest absolute Gasteiger partial charge is 0.324 e. The van der Waals surface area contributed by atoms with Crippen LogP contribution in [0.4, 0.5) is 5.69 Å². The summed E-state index contributed by atoms with van der Waals surface area (Å²) in [6, 6.07) is 7.11. The van der Waals surface area contributed by atoms with Crippen molar-refractivity contribution in [2.24, 2.45) is 5.14 Å². The molecule has 1 amide bonds. The van der Waals surface area contributed by atoms with Crippen LogP contribution in [0.25, 0.3) is 0 Å². The lowest BCUT2D eigenvalue weighted by Crippen LogP contribution is -2.40. The van der Waals surface area contributed by atoms with Crippen molar-refractivity contribution in [1.82, 2.24) is 4.90 Å². The first-order valence-electron chi connectivity index (χ1n) is 10.7. The molecule has 30 heavy (non-hydrogen) atoms. The van der Waals surface area contributed by atoms with Crippen LogP contribution in [0, 0.1) is 4.78 Å². The third-order valence-corrected chi connectivity index (χ3v) is 7.86. The van der Waals surface area contributed by atoms with Gasteiger partial charge in [-0.15, -0.1) is 0 Å². The second-order valence-corrected chi connectivity index (χ2v) is 10.5. The molecular weight excluding hydrogens is 396 g/mol. The lowest BCUT2D eigenvalue weighted by Gasteiger charge is -2.34. The topological polar surface area (TPSA) is 99.3 Å². The van der Waals surface area contributed by atoms with E-state index in [4.69, 9.17) is 9.92 Å². The SMILES string of the molecule is CN1CCc2ccc(S(=N)(N)=O)cc2C1C(=O)Nc1c2c(cc3c1CCC3)CCC2. The van der Waals surface area contributed by atoms with Crippen molar-refractivity contribution in [1.29, 1.82) is 4.78 Å². The van der Waals surface area contributed by atoms with Crippen LogP contribution in [0.15, 0.2) is 29.2 Å². The smallest absolute Gasteiger partial charge is 0.246 e. The van der Waals surface area contributed by atoms with E-state index < -0.39 is 16.0 Å². The van der Waals surface area contributed by atoms with Crippen LogP contribution in [-0.4, -0.2) is 28.6 Å². The average molecular weight is 425 g/mol. The molecule has 0 saturated carbocycles. The van der Waals surface area contributed by atoms with Crippen molar-refractivity contribution in [3.63, 3.8) is 0 Å². The maximum Gasteiger partial charge on any atom is 0.246 e. The average Bonchev–Trinajstić information content (AvgIpc) is 3.35. The zero-order chi connectivity index (χ0) is 21.0. The summed E-state index contributed by atoms with van der Waals surface area (Å²) < 4.78 is 19.9. The predicted octanol–water partition coefficient (Wildman–Crippen LogP) is 3.11. The number of anilines is 1. The van der Waals surface area contributed by atoms with E-state index in [9.17, 15) is 9.00 Å². The molecule has 0 radical (unpaired) electrons. The van der Waals surface area contributed by atoms with Gasteiger partial charge in [-0.3, -0.25) is 9.69 Å². The molecule has 0 spiro atoms. The van der Waals surface area contributed by atoms with Gasteiger partial charge in [0, 0.05) is 12.2 Å². The zero-order valence-electron chi connectivity index (χ0n) is 17.3. The number of fused-ring (bicyclic) bond motifs is 3. The molecule has 4 N–H and O–H groups in total. The lowest BCUT2D eigenvalue weighted by molar-refractivity contribution is -0.121. The van der Waals surface area contributed by atoms with Crippen molar-refractivity contribution in [2.45, 2.75) is 55.9 Å². The van der Waals surface area contributed by atoms with Crippen molar-refractivity contribution in [3.05, 3.63) is 57.6 Å². The molecule has 2 unspecified atom stereocenters. The minimum Gasteiger partial charge on any atom is -0.324 e. The molecule has 2 aliphatic carbocycles. The molecule has 158 valence electrons. The standard InChI is InChI=1S/C23H28N4O2S/c1-27-11-10-14-8-9-17(30(24,25)29)13-20(14)22(27)23(28)26-21-18-6-2-4-15(18)12-16-5-3-7-19(16)21/h8-9,12-13,22H,2-7,10-11H2,1H3,(H,26,28)(H3,24,25,29). The molecule has 0 saturated heterocycles. The molecule has 0 fully saturated rings. The van der Waals surface area contributed by atoms with Gasteiger partial charge in [-0.05, 0) is 97.5 Å². The summed E-state index contributed by atoms with van der Waals surface area (Å²) >= 11 is 0. The van der Waals surface area contributed by atoms with Gasteiger partial charge in [0.05, 0.1) is 4.90 Å². The molecule has 1 heterocycles. The van der Waals surface area contributed by atoms with Crippen molar-refractivity contribution in [3.8, 4) is 0 Å². The highest BCUT2D eigenvalue weighted by Crippen LogP contribution is 2.40. The third-order valence-electron chi connectivity index (χ3n) is 6.91. The Balaban J connectivity index is 1.55. The fraction of sp³-hybridized carbons (Fsp3) is 0.435. The van der Waals surface area contributed by atoms with Crippen LogP contribution < -0.4 is 10.5 Å². The fourth-order valence-corrected chi connectivity index (χ4v) is 5.98. The van der Waals surface area contributed by atoms with Gasteiger partial charge >= 0.3 is 0 Å². The van der Waals surface area contributed by atoms with Crippen LogP contribution in [-0.2, 0) is 46.8 Å². The van der Waals surface area contributed by atoms with E-state index in [0.29, 0.717) is 0 Å². The number of nitrogens with one attached hydrogen (secondary N) is 2. The van der Waals surface area contributed by atoms with Gasteiger partial charge in [0.15, 0.2) is 0 Å². The van der Waals surface area contributed by atoms with Crippen LogP contribution >= 0.6 is 0 Å². The monoisotopic (exact) mass is 424 g/mol. The molecule has 2 aromatic rings. The number of nitrogens with two attached hydrogens (primary N) is 1. The van der Waals surface area contributed by atoms with Gasteiger partial charge in [-0.25, -0.2) is 14.1 Å². The number of likely N-dealkylation sites (N-methyl/N-ethyl adjacent to an activating group) is 1. The first kappa shape index (κ1) is 19.7. The number of carbonyl (C=O) groups excluding carboxylic acids is 1. The molecule has 2 atom stereocenters. The molecule has 3 aliphatic rings. The predicted molar refractivity (Wildman–Crippen MR) is 118 cm³/mol. The molecule has 0 aromatic heterocycles. The molecular formula is C23H28N4O2S. The first-order chi connectivity index (χ1) is 14.3. The van der Waals surface area contributed by atoms with Gasteiger partial charge in [0.25, 0.3) is 0 Å². The van der Waals surface area contributed by atoms with E-state index in [1.165, 1.54) is 22.3 Å². The molecule has 0 bridgehead atoms.